The summed E-state index contributed by atoms with van der Waals surface area (Å²) in [5.41, 5.74) is 6.97. The molecule has 1 aliphatic carbocycles. The highest BCUT2D eigenvalue weighted by Crippen LogP contribution is 2.39. The number of carboxylic acid groups (broad SMARTS) is 1. The zero-order valence-electron chi connectivity index (χ0n) is 21.0. The summed E-state index contributed by atoms with van der Waals surface area (Å²) in [5, 5.41) is 21.4. The molecule has 0 fully saturated rings. The summed E-state index contributed by atoms with van der Waals surface area (Å²) in [6, 6.07) is 5.66. The quantitative estimate of drug-likeness (QED) is 0.522. The van der Waals surface area contributed by atoms with Crippen LogP contribution in [0.5, 0.6) is 0 Å². The molecular weight excluding hydrogens is 444 g/mol. The van der Waals surface area contributed by atoms with Crippen molar-refractivity contribution < 1.29 is 14.4 Å². The maximum atomic E-state index is 11.1. The van der Waals surface area contributed by atoms with Gasteiger partial charge < -0.3 is 19.8 Å². The average molecular weight is 479 g/mol. The van der Waals surface area contributed by atoms with Gasteiger partial charge >= 0.3 is 5.97 Å². The van der Waals surface area contributed by atoms with Crippen LogP contribution in [0.2, 0.25) is 0 Å². The predicted molar refractivity (Wildman–Crippen MR) is 133 cm³/mol. The lowest BCUT2D eigenvalue weighted by molar-refractivity contribution is -0.139. The fraction of sp³-hybridized carbons (Fsp3) is 0.538. The van der Waals surface area contributed by atoms with Crippen LogP contribution in [0.15, 0.2) is 22.7 Å². The Morgan fingerprint density at radius 1 is 1.31 bits per heavy atom. The van der Waals surface area contributed by atoms with Gasteiger partial charge in [0.15, 0.2) is 5.69 Å². The first-order chi connectivity index (χ1) is 16.8. The van der Waals surface area contributed by atoms with Crippen LogP contribution < -0.4 is 10.2 Å². The molecule has 0 saturated heterocycles. The first kappa shape index (κ1) is 23.5. The molecule has 0 saturated carbocycles. The summed E-state index contributed by atoms with van der Waals surface area (Å²) < 4.78 is 7.85. The lowest BCUT2D eigenvalue weighted by atomic mass is 9.76. The Labute approximate surface area is 205 Å². The van der Waals surface area contributed by atoms with Crippen molar-refractivity contribution in [2.24, 2.45) is 5.41 Å². The minimum Gasteiger partial charge on any atom is -0.480 e. The number of nitrogens with zero attached hydrogens (tertiary/aromatic N) is 5. The molecule has 0 radical (unpaired) electrons. The van der Waals surface area contributed by atoms with Crippen LogP contribution in [0.25, 0.3) is 11.6 Å². The third-order valence-corrected chi connectivity index (χ3v) is 7.27. The number of fused-ring (bicyclic) bond motifs is 2. The van der Waals surface area contributed by atoms with Crippen molar-refractivity contribution in [1.29, 1.82) is 0 Å². The van der Waals surface area contributed by atoms with Gasteiger partial charge in [0.2, 0.25) is 0 Å². The number of carboxylic acids is 1. The third-order valence-electron chi connectivity index (χ3n) is 7.27. The summed E-state index contributed by atoms with van der Waals surface area (Å²) in [4.78, 5) is 18.0. The Balaban J connectivity index is 1.40. The van der Waals surface area contributed by atoms with Gasteiger partial charge in [-0.15, -0.1) is 0 Å². The van der Waals surface area contributed by atoms with E-state index in [4.69, 9.17) is 19.7 Å². The van der Waals surface area contributed by atoms with E-state index in [9.17, 15) is 4.79 Å². The Kier molecular flexibility index (Phi) is 6.13. The van der Waals surface area contributed by atoms with Gasteiger partial charge in [-0.25, -0.2) is 0 Å². The fourth-order valence-electron chi connectivity index (χ4n) is 5.18. The van der Waals surface area contributed by atoms with Crippen LogP contribution in [-0.4, -0.2) is 43.6 Å². The number of rotatable bonds is 7. The summed E-state index contributed by atoms with van der Waals surface area (Å²) in [6.07, 6.45) is 5.04. The predicted octanol–water partition coefficient (Wildman–Crippen LogP) is 4.11. The number of aryl methyl sites for hydroxylation is 2. The molecule has 0 bridgehead atoms. The molecule has 9 nitrogen and oxygen atoms in total. The molecule has 1 atom stereocenters. The van der Waals surface area contributed by atoms with Crippen LogP contribution in [-0.2, 0) is 37.1 Å². The van der Waals surface area contributed by atoms with E-state index in [1.54, 1.807) is 6.92 Å². The minimum atomic E-state index is -0.851. The fourth-order valence-corrected chi connectivity index (χ4v) is 5.18. The molecular formula is C26H34N6O3. The molecule has 9 heteroatoms. The van der Waals surface area contributed by atoms with Gasteiger partial charge in [-0.05, 0) is 73.7 Å². The number of nitrogens with one attached hydrogen (secondary N) is 1. The Bertz CT molecular complexity index is 1240. The Morgan fingerprint density at radius 3 is 2.91 bits per heavy atom. The van der Waals surface area contributed by atoms with Gasteiger partial charge in [-0.2, -0.15) is 10.1 Å². The number of hydrogen-bond donors (Lipinski definition) is 2. The van der Waals surface area contributed by atoms with Gasteiger partial charge in [-0.3, -0.25) is 9.48 Å². The van der Waals surface area contributed by atoms with Gasteiger partial charge in [0, 0.05) is 36.6 Å². The number of aromatic nitrogens is 4. The second kappa shape index (κ2) is 9.11. The SMILES string of the molecule is CCn1nc(-c2nc(N3CCCc4cc(CNC(C)C(=O)O)ccc43)no2)c2c1CC(C)(C)CC2. The van der Waals surface area contributed by atoms with E-state index in [1.165, 1.54) is 16.8 Å². The Morgan fingerprint density at radius 2 is 2.14 bits per heavy atom. The van der Waals surface area contributed by atoms with Gasteiger partial charge in [0.05, 0.1) is 0 Å². The van der Waals surface area contributed by atoms with E-state index in [1.807, 2.05) is 6.07 Å². The molecule has 2 N–H and O–H groups in total. The maximum absolute atomic E-state index is 11.1. The summed E-state index contributed by atoms with van der Waals surface area (Å²) in [6.45, 7) is 10.5. The zero-order chi connectivity index (χ0) is 24.7. The topological polar surface area (TPSA) is 109 Å². The first-order valence-electron chi connectivity index (χ1n) is 12.5. The summed E-state index contributed by atoms with van der Waals surface area (Å²) in [5.74, 6) is 0.191. The minimum absolute atomic E-state index is 0.273. The molecule has 1 aromatic carbocycles. The standard InChI is InChI=1S/C26H34N6O3/c1-5-32-21-14-26(3,4)11-10-19(21)22(29-32)23-28-25(30-35-23)31-12-6-7-18-13-17(8-9-20(18)31)15-27-16(2)24(33)34/h8-9,13,16,27H,5-7,10-12,14-15H2,1-4H3,(H,33,34). The van der Waals surface area contributed by atoms with Crippen LogP contribution in [0.3, 0.4) is 0 Å². The van der Waals surface area contributed by atoms with Crippen molar-refractivity contribution in [2.75, 3.05) is 11.4 Å². The smallest absolute Gasteiger partial charge is 0.320 e. The largest absolute Gasteiger partial charge is 0.480 e. The Hall–Kier alpha value is -3.20. The molecule has 0 amide bonds. The number of benzene rings is 1. The van der Waals surface area contributed by atoms with E-state index in [0.717, 1.165) is 62.1 Å². The van der Waals surface area contributed by atoms with E-state index < -0.39 is 12.0 Å². The van der Waals surface area contributed by atoms with Crippen molar-refractivity contribution in [1.82, 2.24) is 25.2 Å². The second-order valence-electron chi connectivity index (χ2n) is 10.5. The molecule has 3 heterocycles. The number of hydrogen-bond acceptors (Lipinski definition) is 7. The zero-order valence-corrected chi connectivity index (χ0v) is 21.0. The number of carbonyl (C=O) groups is 1. The number of anilines is 2. The molecule has 5 rings (SSSR count). The highest BCUT2D eigenvalue weighted by Gasteiger charge is 2.33. The lowest BCUT2D eigenvalue weighted by Crippen LogP contribution is -2.33. The summed E-state index contributed by atoms with van der Waals surface area (Å²) >= 11 is 0. The molecule has 0 spiro atoms. The molecule has 2 aromatic heterocycles. The molecule has 2 aliphatic rings. The first-order valence-corrected chi connectivity index (χ1v) is 12.5. The lowest BCUT2D eigenvalue weighted by Gasteiger charge is -2.30. The van der Waals surface area contributed by atoms with E-state index in [-0.39, 0.29) is 5.41 Å². The van der Waals surface area contributed by atoms with Crippen LogP contribution >= 0.6 is 0 Å². The normalized spacial score (nSPS) is 17.7. The number of aliphatic carboxylic acids is 1. The highest BCUT2D eigenvalue weighted by atomic mass is 16.5. The third kappa shape index (κ3) is 4.57. The van der Waals surface area contributed by atoms with Crippen molar-refractivity contribution in [2.45, 2.75) is 78.9 Å². The highest BCUT2D eigenvalue weighted by molar-refractivity contribution is 5.72. The monoisotopic (exact) mass is 478 g/mol. The van der Waals surface area contributed by atoms with Crippen molar-refractivity contribution in [3.8, 4) is 11.6 Å². The van der Waals surface area contributed by atoms with E-state index in [0.29, 0.717) is 18.4 Å². The van der Waals surface area contributed by atoms with Gasteiger partial charge in [0.1, 0.15) is 6.04 Å². The van der Waals surface area contributed by atoms with Crippen LogP contribution in [0, 0.1) is 5.41 Å². The van der Waals surface area contributed by atoms with Crippen molar-refractivity contribution in [3.05, 3.63) is 40.6 Å². The molecule has 1 aliphatic heterocycles. The van der Waals surface area contributed by atoms with Gasteiger partial charge in [-0.1, -0.05) is 26.0 Å². The van der Waals surface area contributed by atoms with Gasteiger partial charge in [0.25, 0.3) is 11.8 Å². The maximum Gasteiger partial charge on any atom is 0.320 e. The van der Waals surface area contributed by atoms with Crippen molar-refractivity contribution in [3.63, 3.8) is 0 Å². The van der Waals surface area contributed by atoms with E-state index >= 15 is 0 Å². The molecule has 1 unspecified atom stereocenters. The van der Waals surface area contributed by atoms with Crippen LogP contribution in [0.4, 0.5) is 11.6 Å². The average Bonchev–Trinajstić information content (AvgIpc) is 3.45. The van der Waals surface area contributed by atoms with E-state index in [2.05, 4.69) is 53.0 Å². The second-order valence-corrected chi connectivity index (χ2v) is 10.5. The van der Waals surface area contributed by atoms with Crippen molar-refractivity contribution >= 4 is 17.6 Å². The molecule has 3 aromatic rings. The van der Waals surface area contributed by atoms with Crippen LogP contribution in [0.1, 0.15) is 62.9 Å². The summed E-state index contributed by atoms with van der Waals surface area (Å²) in [7, 11) is 0. The molecule has 186 valence electrons. The molecule has 35 heavy (non-hydrogen) atoms.